The lowest BCUT2D eigenvalue weighted by Crippen LogP contribution is -2.36. The van der Waals surface area contributed by atoms with E-state index in [1.807, 2.05) is 13.8 Å². The summed E-state index contributed by atoms with van der Waals surface area (Å²) >= 11 is 0. The molecule has 0 bridgehead atoms. The third-order valence-corrected chi connectivity index (χ3v) is 3.40. The lowest BCUT2D eigenvalue weighted by atomic mass is 9.98. The van der Waals surface area contributed by atoms with Crippen molar-refractivity contribution in [2.75, 3.05) is 5.32 Å². The Hall–Kier alpha value is -2.05. The summed E-state index contributed by atoms with van der Waals surface area (Å²) in [5.41, 5.74) is -0.780. The predicted molar refractivity (Wildman–Crippen MR) is 67.7 cm³/mol. The molecule has 0 amide bonds. The molecular weight excluding hydrogens is 269 g/mol. The lowest BCUT2D eigenvalue weighted by Gasteiger charge is -2.35. The minimum absolute atomic E-state index is 0.0665. The highest BCUT2D eigenvalue weighted by Gasteiger charge is 2.41. The summed E-state index contributed by atoms with van der Waals surface area (Å²) in [6.07, 6.45) is -4.43. The molecule has 2 aromatic rings. The normalized spacial score (nSPS) is 16.3. The monoisotopic (exact) mass is 282 g/mol. The van der Waals surface area contributed by atoms with E-state index < -0.39 is 17.3 Å². The number of hydrogen-bond donors (Lipinski definition) is 1. The van der Waals surface area contributed by atoms with Crippen LogP contribution >= 0.6 is 0 Å². The molecule has 3 rings (SSSR count). The van der Waals surface area contributed by atoms with Crippen LogP contribution in [0.2, 0.25) is 0 Å². The van der Waals surface area contributed by atoms with Crippen LogP contribution in [0.4, 0.5) is 18.9 Å². The average molecular weight is 282 g/mol. The van der Waals surface area contributed by atoms with Gasteiger partial charge in [0.15, 0.2) is 5.82 Å². The summed E-state index contributed by atoms with van der Waals surface area (Å²) in [7, 11) is 0. The fraction of sp³-hybridized carbons (Fsp3) is 0.385. The zero-order chi connectivity index (χ0) is 14.7. The first-order valence-corrected chi connectivity index (χ1v) is 6.13. The van der Waals surface area contributed by atoms with Crippen LogP contribution in [0.15, 0.2) is 18.2 Å². The largest absolute Gasteiger partial charge is 0.418 e. The van der Waals surface area contributed by atoms with Crippen LogP contribution < -0.4 is 5.32 Å². The summed E-state index contributed by atoms with van der Waals surface area (Å²) in [5, 5.41) is 11.0. The van der Waals surface area contributed by atoms with Crippen molar-refractivity contribution in [3.8, 4) is 5.69 Å². The Morgan fingerprint density at radius 1 is 1.20 bits per heavy atom. The molecule has 0 atom stereocenters. The number of fused-ring (bicyclic) bond motifs is 3. The highest BCUT2D eigenvalue weighted by Crippen LogP contribution is 2.43. The fourth-order valence-electron chi connectivity index (χ4n) is 2.54. The van der Waals surface area contributed by atoms with E-state index in [9.17, 15) is 13.2 Å². The number of benzene rings is 1. The SMILES string of the molecule is Cc1nnc2n1-c1c(cccc1C(F)(F)F)NC2(C)C. The molecule has 0 radical (unpaired) electrons. The molecule has 1 N–H and O–H groups in total. The van der Waals surface area contributed by atoms with Crippen molar-refractivity contribution in [3.05, 3.63) is 35.4 Å². The van der Waals surface area contributed by atoms with Crippen molar-refractivity contribution >= 4 is 5.69 Å². The van der Waals surface area contributed by atoms with Crippen molar-refractivity contribution in [1.82, 2.24) is 14.8 Å². The summed E-state index contributed by atoms with van der Waals surface area (Å²) < 4.78 is 41.1. The number of rotatable bonds is 0. The second kappa shape index (κ2) is 3.74. The number of para-hydroxylation sites is 1. The first-order chi connectivity index (χ1) is 9.22. The van der Waals surface area contributed by atoms with Crippen LogP contribution in [-0.2, 0) is 11.7 Å². The predicted octanol–water partition coefficient (Wildman–Crippen LogP) is 3.26. The molecule has 0 saturated carbocycles. The highest BCUT2D eigenvalue weighted by atomic mass is 19.4. The maximum atomic E-state index is 13.2. The number of aromatic nitrogens is 3. The molecule has 0 fully saturated rings. The van der Waals surface area contributed by atoms with Crippen LogP contribution in [-0.4, -0.2) is 14.8 Å². The molecule has 7 heteroatoms. The summed E-state index contributed by atoms with van der Waals surface area (Å²) in [6, 6.07) is 4.10. The first kappa shape index (κ1) is 13.0. The number of anilines is 1. The number of halogens is 3. The van der Waals surface area contributed by atoms with Gasteiger partial charge in [-0.25, -0.2) is 0 Å². The quantitative estimate of drug-likeness (QED) is 0.806. The maximum absolute atomic E-state index is 13.2. The van der Waals surface area contributed by atoms with Crippen LogP contribution in [0.25, 0.3) is 5.69 Å². The van der Waals surface area contributed by atoms with Crippen LogP contribution in [0.5, 0.6) is 0 Å². The fourth-order valence-corrected chi connectivity index (χ4v) is 2.54. The Morgan fingerprint density at radius 3 is 2.55 bits per heavy atom. The van der Waals surface area contributed by atoms with Gasteiger partial charge in [-0.1, -0.05) is 6.07 Å². The minimum atomic E-state index is -4.43. The highest BCUT2D eigenvalue weighted by molar-refractivity contribution is 5.70. The molecule has 1 aromatic carbocycles. The van der Waals surface area contributed by atoms with Gasteiger partial charge in [0.2, 0.25) is 0 Å². The number of alkyl halides is 3. The molecule has 1 aliphatic rings. The van der Waals surface area contributed by atoms with E-state index in [2.05, 4.69) is 15.5 Å². The number of hydrogen-bond acceptors (Lipinski definition) is 3. The standard InChI is InChI=1S/C13H13F3N4/c1-7-18-19-11-12(2,3)17-9-6-4-5-8(13(14,15)16)10(9)20(7)11/h4-6,17H,1-3H3. The van der Waals surface area contributed by atoms with Gasteiger partial charge in [0, 0.05) is 0 Å². The average Bonchev–Trinajstić information content (AvgIpc) is 2.70. The van der Waals surface area contributed by atoms with E-state index in [4.69, 9.17) is 0 Å². The van der Waals surface area contributed by atoms with Gasteiger partial charge < -0.3 is 5.32 Å². The van der Waals surface area contributed by atoms with E-state index in [1.54, 1.807) is 13.0 Å². The molecule has 20 heavy (non-hydrogen) atoms. The Labute approximate surface area is 113 Å². The molecule has 2 heterocycles. The van der Waals surface area contributed by atoms with E-state index in [0.29, 0.717) is 17.3 Å². The number of nitrogens with one attached hydrogen (secondary N) is 1. The zero-order valence-electron chi connectivity index (χ0n) is 11.2. The molecule has 0 unspecified atom stereocenters. The van der Waals surface area contributed by atoms with Gasteiger partial charge in [-0.3, -0.25) is 4.57 Å². The zero-order valence-corrected chi connectivity index (χ0v) is 11.2. The van der Waals surface area contributed by atoms with Gasteiger partial charge in [-0.15, -0.1) is 10.2 Å². The number of aryl methyl sites for hydroxylation is 1. The van der Waals surface area contributed by atoms with Crippen molar-refractivity contribution in [1.29, 1.82) is 0 Å². The van der Waals surface area contributed by atoms with Crippen LogP contribution in [0.1, 0.15) is 31.1 Å². The number of nitrogens with zero attached hydrogens (tertiary/aromatic N) is 3. The van der Waals surface area contributed by atoms with Gasteiger partial charge in [0.05, 0.1) is 22.5 Å². The minimum Gasteiger partial charge on any atom is -0.371 e. The van der Waals surface area contributed by atoms with Crippen molar-refractivity contribution in [2.24, 2.45) is 0 Å². The Bertz CT molecular complexity index is 685. The van der Waals surface area contributed by atoms with E-state index in [1.165, 1.54) is 10.6 Å². The maximum Gasteiger partial charge on any atom is 0.418 e. The van der Waals surface area contributed by atoms with Crippen molar-refractivity contribution in [2.45, 2.75) is 32.5 Å². The van der Waals surface area contributed by atoms with Crippen LogP contribution in [0, 0.1) is 6.92 Å². The van der Waals surface area contributed by atoms with Gasteiger partial charge in [-0.2, -0.15) is 13.2 Å². The van der Waals surface area contributed by atoms with Gasteiger partial charge in [-0.05, 0) is 32.9 Å². The molecule has 106 valence electrons. The second-order valence-corrected chi connectivity index (χ2v) is 5.36. The van der Waals surface area contributed by atoms with Gasteiger partial charge >= 0.3 is 6.18 Å². The Kier molecular flexibility index (Phi) is 2.42. The van der Waals surface area contributed by atoms with E-state index >= 15 is 0 Å². The summed E-state index contributed by atoms with van der Waals surface area (Å²) in [4.78, 5) is 0. The Balaban J connectivity index is 2.38. The van der Waals surface area contributed by atoms with Crippen molar-refractivity contribution < 1.29 is 13.2 Å². The van der Waals surface area contributed by atoms with Crippen molar-refractivity contribution in [3.63, 3.8) is 0 Å². The summed E-state index contributed by atoms with van der Waals surface area (Å²) in [6.45, 7) is 5.36. The second-order valence-electron chi connectivity index (χ2n) is 5.36. The van der Waals surface area contributed by atoms with Gasteiger partial charge in [0.1, 0.15) is 5.82 Å². The Morgan fingerprint density at radius 2 is 1.90 bits per heavy atom. The molecule has 0 spiro atoms. The molecule has 0 aliphatic carbocycles. The lowest BCUT2D eigenvalue weighted by molar-refractivity contribution is -0.137. The topological polar surface area (TPSA) is 42.7 Å². The smallest absolute Gasteiger partial charge is 0.371 e. The molecule has 0 saturated heterocycles. The van der Waals surface area contributed by atoms with Crippen LogP contribution in [0.3, 0.4) is 0 Å². The summed E-state index contributed by atoms with van der Waals surface area (Å²) in [5.74, 6) is 0.909. The van der Waals surface area contributed by atoms with Gasteiger partial charge in [0.25, 0.3) is 0 Å². The molecule has 1 aromatic heterocycles. The molecule has 1 aliphatic heterocycles. The third kappa shape index (κ3) is 1.69. The molecule has 4 nitrogen and oxygen atoms in total. The molecular formula is C13H13F3N4. The van der Waals surface area contributed by atoms with E-state index in [-0.39, 0.29) is 5.69 Å². The first-order valence-electron chi connectivity index (χ1n) is 6.13. The van der Waals surface area contributed by atoms with E-state index in [0.717, 1.165) is 6.07 Å². The third-order valence-electron chi connectivity index (χ3n) is 3.40.